The van der Waals surface area contributed by atoms with E-state index in [9.17, 15) is 18.4 Å². The van der Waals surface area contributed by atoms with Crippen molar-refractivity contribution in [3.8, 4) is 5.88 Å². The maximum absolute atomic E-state index is 13.6. The van der Waals surface area contributed by atoms with Crippen LogP contribution >= 0.6 is 0 Å². The Labute approximate surface area is 183 Å². The van der Waals surface area contributed by atoms with Crippen LogP contribution in [0.15, 0.2) is 30.6 Å². The van der Waals surface area contributed by atoms with Crippen LogP contribution in [0, 0.1) is 23.5 Å². The van der Waals surface area contributed by atoms with Crippen LogP contribution < -0.4 is 10.5 Å². The van der Waals surface area contributed by atoms with Crippen molar-refractivity contribution in [3.63, 3.8) is 0 Å². The molecule has 0 spiro atoms. The Morgan fingerprint density at radius 2 is 1.78 bits per heavy atom. The molecule has 32 heavy (non-hydrogen) atoms. The lowest BCUT2D eigenvalue weighted by Gasteiger charge is -2.31. The molecule has 1 aromatic carbocycles. The Morgan fingerprint density at radius 1 is 1.06 bits per heavy atom. The molecule has 2 aliphatic rings. The number of ether oxygens (including phenoxy) is 1. The van der Waals surface area contributed by atoms with E-state index in [1.807, 2.05) is 0 Å². The summed E-state index contributed by atoms with van der Waals surface area (Å²) in [6.07, 6.45) is 4.58. The first kappa shape index (κ1) is 22.1. The first-order chi connectivity index (χ1) is 15.4. The summed E-state index contributed by atoms with van der Waals surface area (Å²) < 4.78 is 33.0. The molecule has 10 heteroatoms. The number of nitrogens with two attached hydrogens (primary N) is 1. The molecule has 8 nitrogen and oxygen atoms in total. The smallest absolute Gasteiger partial charge is 0.267 e. The van der Waals surface area contributed by atoms with E-state index < -0.39 is 23.6 Å². The van der Waals surface area contributed by atoms with Crippen molar-refractivity contribution in [2.75, 3.05) is 13.2 Å². The number of halogens is 2. The fourth-order valence-electron chi connectivity index (χ4n) is 4.27. The molecule has 0 bridgehead atoms. The van der Waals surface area contributed by atoms with Gasteiger partial charge in [0.1, 0.15) is 23.7 Å². The highest BCUT2D eigenvalue weighted by atomic mass is 19.1. The van der Waals surface area contributed by atoms with E-state index in [1.165, 1.54) is 29.6 Å². The van der Waals surface area contributed by atoms with Gasteiger partial charge < -0.3 is 10.5 Å². The van der Waals surface area contributed by atoms with E-state index in [0.29, 0.717) is 38.0 Å². The Morgan fingerprint density at radius 3 is 2.47 bits per heavy atom. The summed E-state index contributed by atoms with van der Waals surface area (Å²) in [7, 11) is 0. The Kier molecular flexibility index (Phi) is 6.59. The largest absolute Gasteiger partial charge is 0.477 e. The number of carbonyl (C=O) groups is 2. The number of hydroxylamine groups is 2. The molecular formula is C22H24F2N4O4. The highest BCUT2D eigenvalue weighted by Gasteiger charge is 2.37. The SMILES string of the molecule is NC(=O)c1cc(OCC2CCC(C(=O)N3OCC[C@H]3c3cc(F)cc(F)c3)CC2)ncn1. The van der Waals surface area contributed by atoms with Gasteiger partial charge in [-0.25, -0.2) is 23.8 Å². The van der Waals surface area contributed by atoms with E-state index in [2.05, 4.69) is 9.97 Å². The van der Waals surface area contributed by atoms with Gasteiger partial charge in [-0.3, -0.25) is 14.4 Å². The first-order valence-corrected chi connectivity index (χ1v) is 10.6. The second kappa shape index (κ2) is 9.56. The number of amides is 2. The lowest BCUT2D eigenvalue weighted by Crippen LogP contribution is -2.37. The van der Waals surface area contributed by atoms with E-state index in [-0.39, 0.29) is 29.3 Å². The zero-order chi connectivity index (χ0) is 22.7. The third-order valence-electron chi connectivity index (χ3n) is 5.95. The van der Waals surface area contributed by atoms with Gasteiger partial charge in [0.2, 0.25) is 11.8 Å². The summed E-state index contributed by atoms with van der Waals surface area (Å²) in [6, 6.07) is 4.20. The van der Waals surface area contributed by atoms with Crippen molar-refractivity contribution in [2.24, 2.45) is 17.6 Å². The van der Waals surface area contributed by atoms with Crippen LogP contribution in [-0.4, -0.2) is 40.1 Å². The minimum absolute atomic E-state index is 0.0858. The van der Waals surface area contributed by atoms with Gasteiger partial charge in [-0.2, -0.15) is 0 Å². The van der Waals surface area contributed by atoms with Crippen molar-refractivity contribution in [1.82, 2.24) is 15.0 Å². The number of nitrogens with zero attached hydrogens (tertiary/aromatic N) is 3. The van der Waals surface area contributed by atoms with Crippen LogP contribution in [0.5, 0.6) is 5.88 Å². The maximum atomic E-state index is 13.6. The van der Waals surface area contributed by atoms with Crippen LogP contribution in [0.3, 0.4) is 0 Å². The van der Waals surface area contributed by atoms with Crippen molar-refractivity contribution < 1.29 is 27.9 Å². The molecule has 1 atom stereocenters. The molecule has 2 N–H and O–H groups in total. The fraction of sp³-hybridized carbons (Fsp3) is 0.455. The molecule has 2 aromatic rings. The second-order valence-electron chi connectivity index (χ2n) is 8.14. The summed E-state index contributed by atoms with van der Waals surface area (Å²) >= 11 is 0. The molecule has 170 valence electrons. The maximum Gasteiger partial charge on any atom is 0.267 e. The summed E-state index contributed by atoms with van der Waals surface area (Å²) in [4.78, 5) is 37.6. The third-order valence-corrected chi connectivity index (χ3v) is 5.95. The number of hydrogen-bond acceptors (Lipinski definition) is 6. The topological polar surface area (TPSA) is 108 Å². The summed E-state index contributed by atoms with van der Waals surface area (Å²) in [5.74, 6) is -1.86. The molecule has 0 unspecified atom stereocenters. The Bertz CT molecular complexity index is 977. The molecule has 1 saturated heterocycles. The van der Waals surface area contributed by atoms with Crippen molar-refractivity contribution in [1.29, 1.82) is 0 Å². The van der Waals surface area contributed by atoms with E-state index >= 15 is 0 Å². The highest BCUT2D eigenvalue weighted by Crippen LogP contribution is 2.36. The number of aromatic nitrogens is 2. The summed E-state index contributed by atoms with van der Waals surface area (Å²) in [5, 5.41) is 1.29. The van der Waals surface area contributed by atoms with Crippen LogP contribution in [0.4, 0.5) is 8.78 Å². The van der Waals surface area contributed by atoms with Crippen molar-refractivity contribution in [2.45, 2.75) is 38.1 Å². The van der Waals surface area contributed by atoms with E-state index in [4.69, 9.17) is 15.3 Å². The first-order valence-electron chi connectivity index (χ1n) is 10.6. The van der Waals surface area contributed by atoms with Crippen LogP contribution in [-0.2, 0) is 9.63 Å². The molecule has 2 fully saturated rings. The molecule has 1 aliphatic carbocycles. The number of rotatable bonds is 6. The van der Waals surface area contributed by atoms with E-state index in [0.717, 1.165) is 18.9 Å². The normalized spacial score (nSPS) is 23.2. The van der Waals surface area contributed by atoms with Gasteiger partial charge in [-0.1, -0.05) is 0 Å². The Hall–Kier alpha value is -3.14. The average molecular weight is 446 g/mol. The lowest BCUT2D eigenvalue weighted by molar-refractivity contribution is -0.183. The highest BCUT2D eigenvalue weighted by molar-refractivity contribution is 5.90. The van der Waals surface area contributed by atoms with Gasteiger partial charge in [0.05, 0.1) is 19.3 Å². The quantitative estimate of drug-likeness (QED) is 0.731. The van der Waals surface area contributed by atoms with Crippen molar-refractivity contribution in [3.05, 3.63) is 53.5 Å². The Balaban J connectivity index is 1.31. The van der Waals surface area contributed by atoms with Crippen LogP contribution in [0.1, 0.15) is 54.2 Å². The molecule has 4 rings (SSSR count). The number of primary amides is 1. The molecule has 1 saturated carbocycles. The van der Waals surface area contributed by atoms with Gasteiger partial charge in [0.25, 0.3) is 5.91 Å². The van der Waals surface area contributed by atoms with Gasteiger partial charge in [-0.15, -0.1) is 0 Å². The molecule has 2 amide bonds. The monoisotopic (exact) mass is 446 g/mol. The summed E-state index contributed by atoms with van der Waals surface area (Å²) in [6.45, 7) is 0.728. The van der Waals surface area contributed by atoms with Gasteiger partial charge in [0.15, 0.2) is 0 Å². The predicted molar refractivity (Wildman–Crippen MR) is 108 cm³/mol. The molecular weight excluding hydrogens is 422 g/mol. The minimum Gasteiger partial charge on any atom is -0.477 e. The van der Waals surface area contributed by atoms with Gasteiger partial charge in [-0.05, 0) is 49.3 Å². The van der Waals surface area contributed by atoms with E-state index in [1.54, 1.807) is 0 Å². The van der Waals surface area contributed by atoms with Crippen LogP contribution in [0.25, 0.3) is 0 Å². The molecule has 1 aliphatic heterocycles. The fourth-order valence-corrected chi connectivity index (χ4v) is 4.27. The second-order valence-corrected chi connectivity index (χ2v) is 8.14. The average Bonchev–Trinajstić information content (AvgIpc) is 3.27. The number of hydrogen-bond donors (Lipinski definition) is 1. The molecule has 1 aromatic heterocycles. The van der Waals surface area contributed by atoms with Gasteiger partial charge >= 0.3 is 0 Å². The minimum atomic E-state index is -0.675. The molecule has 2 heterocycles. The third kappa shape index (κ3) is 5.01. The molecule has 0 radical (unpaired) electrons. The van der Waals surface area contributed by atoms with Crippen molar-refractivity contribution >= 4 is 11.8 Å². The van der Waals surface area contributed by atoms with Crippen LogP contribution in [0.2, 0.25) is 0 Å². The zero-order valence-corrected chi connectivity index (χ0v) is 17.4. The predicted octanol–water partition coefficient (Wildman–Crippen LogP) is 2.94. The lowest BCUT2D eigenvalue weighted by atomic mass is 9.81. The van der Waals surface area contributed by atoms with Gasteiger partial charge in [0, 0.05) is 24.5 Å². The summed E-state index contributed by atoms with van der Waals surface area (Å²) in [5.41, 5.74) is 5.70. The number of carbonyl (C=O) groups excluding carboxylic acids is 2. The number of benzene rings is 1. The standard InChI is InChI=1S/C22H24F2N4O4/c23-16-7-15(8-17(24)9-16)19-5-6-32-28(19)22(30)14-3-1-13(2-4-14)11-31-20-10-18(21(25)29)26-12-27-20/h7-10,12-14,19H,1-6,11H2,(H2,25,29)/t13?,14?,19-/m0/s1. The zero-order valence-electron chi connectivity index (χ0n) is 17.4.